The van der Waals surface area contributed by atoms with Gasteiger partial charge in [-0.2, -0.15) is 0 Å². The van der Waals surface area contributed by atoms with Crippen LogP contribution < -0.4 is 15.5 Å². The standard InChI is InChI=1S/C25H38N6O/c1-3-30-15-5-8-22(30)19-27-25(26-14-11-23-9-6-18-32-23)29-21-12-16-31(17-13-21)24-10-4-7-20(2)28-24/h4,6-7,9-10,18,21-22H,3,5,8,11-17,19H2,1-2H3,(H2,26,27,29). The van der Waals surface area contributed by atoms with Gasteiger partial charge in [-0.15, -0.1) is 0 Å². The van der Waals surface area contributed by atoms with Gasteiger partial charge in [0.25, 0.3) is 0 Å². The summed E-state index contributed by atoms with van der Waals surface area (Å²) in [6, 6.07) is 11.2. The number of piperidine rings is 1. The first-order valence-electron chi connectivity index (χ1n) is 12.2. The summed E-state index contributed by atoms with van der Waals surface area (Å²) >= 11 is 0. The van der Waals surface area contributed by atoms with Crippen molar-refractivity contribution >= 4 is 11.8 Å². The summed E-state index contributed by atoms with van der Waals surface area (Å²) in [5, 5.41) is 7.27. The maximum Gasteiger partial charge on any atom is 0.191 e. The number of furan rings is 1. The maximum absolute atomic E-state index is 5.48. The van der Waals surface area contributed by atoms with Crippen LogP contribution in [0.5, 0.6) is 0 Å². The van der Waals surface area contributed by atoms with Crippen molar-refractivity contribution in [1.82, 2.24) is 20.5 Å². The summed E-state index contributed by atoms with van der Waals surface area (Å²) in [4.78, 5) is 14.6. The van der Waals surface area contributed by atoms with E-state index in [1.54, 1.807) is 6.26 Å². The molecular weight excluding hydrogens is 400 g/mol. The van der Waals surface area contributed by atoms with Gasteiger partial charge in [0.2, 0.25) is 0 Å². The Hall–Kier alpha value is -2.54. The smallest absolute Gasteiger partial charge is 0.191 e. The molecule has 0 amide bonds. The molecular formula is C25H38N6O. The molecule has 2 aliphatic rings. The van der Waals surface area contributed by atoms with Crippen molar-refractivity contribution in [2.24, 2.45) is 4.99 Å². The molecule has 0 radical (unpaired) electrons. The Morgan fingerprint density at radius 1 is 1.16 bits per heavy atom. The molecule has 4 heterocycles. The van der Waals surface area contributed by atoms with E-state index >= 15 is 0 Å². The number of hydrogen-bond donors (Lipinski definition) is 2. The lowest BCUT2D eigenvalue weighted by atomic mass is 10.1. The molecule has 2 saturated heterocycles. The number of rotatable bonds is 8. The fraction of sp³-hybridized carbons (Fsp3) is 0.600. The predicted molar refractivity (Wildman–Crippen MR) is 130 cm³/mol. The van der Waals surface area contributed by atoms with E-state index in [0.29, 0.717) is 12.1 Å². The second-order valence-electron chi connectivity index (χ2n) is 8.91. The number of anilines is 1. The molecule has 7 heteroatoms. The molecule has 0 bridgehead atoms. The molecule has 4 rings (SSSR count). The van der Waals surface area contributed by atoms with Gasteiger partial charge in [-0.1, -0.05) is 13.0 Å². The van der Waals surface area contributed by atoms with Gasteiger partial charge < -0.3 is 20.0 Å². The second kappa shape index (κ2) is 11.4. The monoisotopic (exact) mass is 438 g/mol. The molecule has 2 aromatic heterocycles. The quantitative estimate of drug-likeness (QED) is 0.487. The van der Waals surface area contributed by atoms with Crippen LogP contribution in [-0.4, -0.2) is 67.2 Å². The third-order valence-electron chi connectivity index (χ3n) is 6.64. The van der Waals surface area contributed by atoms with Crippen molar-refractivity contribution in [3.05, 3.63) is 48.0 Å². The maximum atomic E-state index is 5.48. The highest BCUT2D eigenvalue weighted by atomic mass is 16.3. The fourth-order valence-corrected chi connectivity index (χ4v) is 4.78. The van der Waals surface area contributed by atoms with Crippen molar-refractivity contribution in [3.8, 4) is 0 Å². The number of pyridine rings is 1. The minimum absolute atomic E-state index is 0.428. The molecule has 32 heavy (non-hydrogen) atoms. The lowest BCUT2D eigenvalue weighted by Crippen LogP contribution is -2.49. The average molecular weight is 439 g/mol. The molecule has 0 saturated carbocycles. The van der Waals surface area contributed by atoms with Crippen molar-refractivity contribution < 1.29 is 4.42 Å². The highest BCUT2D eigenvalue weighted by molar-refractivity contribution is 5.80. The zero-order valence-electron chi connectivity index (χ0n) is 19.6. The van der Waals surface area contributed by atoms with Crippen LogP contribution in [-0.2, 0) is 6.42 Å². The largest absolute Gasteiger partial charge is 0.469 e. The molecule has 1 atom stereocenters. The van der Waals surface area contributed by atoms with Crippen LogP contribution in [0.3, 0.4) is 0 Å². The Bertz CT molecular complexity index is 844. The van der Waals surface area contributed by atoms with Gasteiger partial charge in [0.1, 0.15) is 11.6 Å². The Morgan fingerprint density at radius 3 is 2.78 bits per heavy atom. The molecule has 0 aliphatic carbocycles. The number of nitrogens with zero attached hydrogens (tertiary/aromatic N) is 4. The second-order valence-corrected chi connectivity index (χ2v) is 8.91. The van der Waals surface area contributed by atoms with Crippen LogP contribution in [0.25, 0.3) is 0 Å². The summed E-state index contributed by atoms with van der Waals surface area (Å²) in [5.74, 6) is 3.03. The molecule has 7 nitrogen and oxygen atoms in total. The number of likely N-dealkylation sites (tertiary alicyclic amines) is 1. The SMILES string of the molecule is CCN1CCCC1CN=C(NCCc1ccco1)NC1CCN(c2cccc(C)n2)CC1. The number of guanidine groups is 1. The van der Waals surface area contributed by atoms with E-state index in [1.807, 2.05) is 12.1 Å². The van der Waals surface area contributed by atoms with E-state index in [-0.39, 0.29) is 0 Å². The van der Waals surface area contributed by atoms with Gasteiger partial charge in [-0.25, -0.2) is 4.98 Å². The van der Waals surface area contributed by atoms with Crippen molar-refractivity contribution in [1.29, 1.82) is 0 Å². The molecule has 0 aromatic carbocycles. The number of aliphatic imine (C=N–C) groups is 1. The third kappa shape index (κ3) is 6.25. The lowest BCUT2D eigenvalue weighted by Gasteiger charge is -2.34. The Balaban J connectivity index is 1.32. The first kappa shape index (κ1) is 22.6. The number of aryl methyl sites for hydroxylation is 1. The number of likely N-dealkylation sites (N-methyl/N-ethyl adjacent to an activating group) is 1. The molecule has 174 valence electrons. The van der Waals surface area contributed by atoms with E-state index in [1.165, 1.54) is 19.4 Å². The normalized spacial score (nSPS) is 20.6. The molecule has 2 N–H and O–H groups in total. The third-order valence-corrected chi connectivity index (χ3v) is 6.64. The fourth-order valence-electron chi connectivity index (χ4n) is 4.78. The van der Waals surface area contributed by atoms with Gasteiger partial charge in [-0.3, -0.25) is 9.89 Å². The van der Waals surface area contributed by atoms with Crippen LogP contribution in [0.15, 0.2) is 46.0 Å². The van der Waals surface area contributed by atoms with Crippen LogP contribution in [0, 0.1) is 6.92 Å². The Kier molecular flexibility index (Phi) is 8.04. The summed E-state index contributed by atoms with van der Waals surface area (Å²) < 4.78 is 5.48. The average Bonchev–Trinajstić information content (AvgIpc) is 3.49. The minimum atomic E-state index is 0.428. The number of nitrogens with one attached hydrogen (secondary N) is 2. The first-order chi connectivity index (χ1) is 15.7. The Morgan fingerprint density at radius 2 is 2.03 bits per heavy atom. The highest BCUT2D eigenvalue weighted by Gasteiger charge is 2.24. The number of aromatic nitrogens is 1. The van der Waals surface area contributed by atoms with E-state index in [9.17, 15) is 0 Å². The molecule has 0 spiro atoms. The van der Waals surface area contributed by atoms with Crippen molar-refractivity contribution in [3.63, 3.8) is 0 Å². The predicted octanol–water partition coefficient (Wildman–Crippen LogP) is 3.21. The van der Waals surface area contributed by atoms with Gasteiger partial charge in [0.15, 0.2) is 5.96 Å². The van der Waals surface area contributed by atoms with Gasteiger partial charge in [0, 0.05) is 43.8 Å². The highest BCUT2D eigenvalue weighted by Crippen LogP contribution is 2.19. The van der Waals surface area contributed by atoms with Crippen LogP contribution in [0.4, 0.5) is 5.82 Å². The topological polar surface area (TPSA) is 68.9 Å². The van der Waals surface area contributed by atoms with Crippen LogP contribution >= 0.6 is 0 Å². The van der Waals surface area contributed by atoms with E-state index in [0.717, 1.165) is 75.2 Å². The summed E-state index contributed by atoms with van der Waals surface area (Å²) in [5.41, 5.74) is 1.07. The Labute approximate surface area is 192 Å². The number of hydrogen-bond acceptors (Lipinski definition) is 5. The van der Waals surface area contributed by atoms with Crippen LogP contribution in [0.1, 0.15) is 44.1 Å². The summed E-state index contributed by atoms with van der Waals surface area (Å²) in [6.07, 6.45) is 7.29. The molecule has 2 aromatic rings. The minimum Gasteiger partial charge on any atom is -0.469 e. The van der Waals surface area contributed by atoms with E-state index in [4.69, 9.17) is 14.4 Å². The van der Waals surface area contributed by atoms with Gasteiger partial charge in [-0.05, 0) is 70.0 Å². The van der Waals surface area contributed by atoms with E-state index < -0.39 is 0 Å². The molecule has 1 unspecified atom stereocenters. The zero-order chi connectivity index (χ0) is 22.2. The van der Waals surface area contributed by atoms with Gasteiger partial charge >= 0.3 is 0 Å². The summed E-state index contributed by atoms with van der Waals surface area (Å²) in [7, 11) is 0. The van der Waals surface area contributed by atoms with Crippen molar-refractivity contribution in [2.45, 2.75) is 58.0 Å². The van der Waals surface area contributed by atoms with E-state index in [2.05, 4.69) is 52.5 Å². The van der Waals surface area contributed by atoms with Crippen molar-refractivity contribution in [2.75, 3.05) is 44.2 Å². The lowest BCUT2D eigenvalue weighted by molar-refractivity contribution is 0.273. The zero-order valence-corrected chi connectivity index (χ0v) is 19.6. The van der Waals surface area contributed by atoms with Gasteiger partial charge in [0.05, 0.1) is 12.8 Å². The summed E-state index contributed by atoms with van der Waals surface area (Å²) in [6.45, 7) is 10.3. The molecule has 2 fully saturated rings. The first-order valence-corrected chi connectivity index (χ1v) is 12.2. The molecule has 2 aliphatic heterocycles. The van der Waals surface area contributed by atoms with Crippen LogP contribution in [0.2, 0.25) is 0 Å².